The van der Waals surface area contributed by atoms with Crippen LogP contribution in [0.1, 0.15) is 5.56 Å². The molecule has 0 aliphatic rings. The summed E-state index contributed by atoms with van der Waals surface area (Å²) in [7, 11) is 1.60. The molecule has 1 amide bonds. The minimum Gasteiger partial charge on any atom is -0.378 e. The second-order valence-corrected chi connectivity index (χ2v) is 5.46. The molecule has 0 aliphatic heterocycles. The summed E-state index contributed by atoms with van der Waals surface area (Å²) < 4.78 is 2.45. The quantitative estimate of drug-likeness (QED) is 0.865. The summed E-state index contributed by atoms with van der Waals surface area (Å²) in [6, 6.07) is 5.76. The normalized spacial score (nSPS) is 10.3. The third kappa shape index (κ3) is 3.98. The van der Waals surface area contributed by atoms with E-state index in [1.54, 1.807) is 24.1 Å². The van der Waals surface area contributed by atoms with Gasteiger partial charge >= 0.3 is 0 Å². The number of likely N-dealkylation sites (N-methyl/N-ethyl adjacent to an activating group) is 1. The van der Waals surface area contributed by atoms with E-state index in [0.29, 0.717) is 11.6 Å². The molecule has 0 aliphatic carbocycles. The maximum atomic E-state index is 11.2. The van der Waals surface area contributed by atoms with Crippen molar-refractivity contribution in [2.45, 2.75) is 13.1 Å². The van der Waals surface area contributed by atoms with Crippen molar-refractivity contribution in [3.8, 4) is 0 Å². The van der Waals surface area contributed by atoms with Crippen LogP contribution in [-0.4, -0.2) is 22.7 Å². The van der Waals surface area contributed by atoms with Crippen molar-refractivity contribution in [1.29, 1.82) is 0 Å². The number of halogens is 2. The molecule has 2 rings (SSSR count). The van der Waals surface area contributed by atoms with Gasteiger partial charge in [0.2, 0.25) is 5.91 Å². The van der Waals surface area contributed by atoms with Crippen LogP contribution < -0.4 is 10.6 Å². The molecule has 1 aromatic carbocycles. The van der Waals surface area contributed by atoms with Crippen molar-refractivity contribution in [3.05, 3.63) is 45.7 Å². The molecular formula is C13H14BrClN4O. The number of aromatic nitrogens is 2. The molecule has 2 N–H and O–H groups in total. The lowest BCUT2D eigenvalue weighted by atomic mass is 10.2. The first-order valence-corrected chi connectivity index (χ1v) is 7.16. The summed E-state index contributed by atoms with van der Waals surface area (Å²) in [4.78, 5) is 11.2. The van der Waals surface area contributed by atoms with Crippen molar-refractivity contribution in [2.75, 3.05) is 12.4 Å². The molecule has 106 valence electrons. The molecule has 0 atom stereocenters. The monoisotopic (exact) mass is 356 g/mol. The van der Waals surface area contributed by atoms with E-state index >= 15 is 0 Å². The highest BCUT2D eigenvalue weighted by atomic mass is 79.9. The van der Waals surface area contributed by atoms with Crippen LogP contribution in [-0.2, 0) is 17.9 Å². The Bertz CT molecular complexity index is 614. The van der Waals surface area contributed by atoms with Gasteiger partial charge in [-0.2, -0.15) is 5.10 Å². The summed E-state index contributed by atoms with van der Waals surface area (Å²) in [5.74, 6) is -0.0821. The summed E-state index contributed by atoms with van der Waals surface area (Å²) in [6.07, 6.45) is 3.48. The minimum atomic E-state index is -0.0821. The first kappa shape index (κ1) is 14.9. The molecule has 0 fully saturated rings. The van der Waals surface area contributed by atoms with Crippen LogP contribution in [0.15, 0.2) is 35.1 Å². The van der Waals surface area contributed by atoms with E-state index in [2.05, 4.69) is 31.7 Å². The zero-order chi connectivity index (χ0) is 14.5. The maximum absolute atomic E-state index is 11.2. The van der Waals surface area contributed by atoms with Crippen molar-refractivity contribution in [2.24, 2.45) is 0 Å². The predicted molar refractivity (Wildman–Crippen MR) is 82.8 cm³/mol. The molecule has 5 nitrogen and oxygen atoms in total. The molecule has 2 aromatic rings. The Kier molecular flexibility index (Phi) is 5.03. The van der Waals surface area contributed by atoms with Gasteiger partial charge in [0.25, 0.3) is 0 Å². The fourth-order valence-electron chi connectivity index (χ4n) is 1.62. The lowest BCUT2D eigenvalue weighted by molar-refractivity contribution is -0.121. The zero-order valence-corrected chi connectivity index (χ0v) is 13.2. The number of hydrogen-bond acceptors (Lipinski definition) is 3. The number of benzene rings is 1. The highest BCUT2D eigenvalue weighted by Crippen LogP contribution is 2.23. The maximum Gasteiger partial charge on any atom is 0.241 e. The minimum absolute atomic E-state index is 0.0821. The molecule has 1 aromatic heterocycles. The molecular weight excluding hydrogens is 344 g/mol. The predicted octanol–water partition coefficient (Wildman–Crippen LogP) is 2.66. The third-order valence-electron chi connectivity index (χ3n) is 2.70. The molecule has 0 bridgehead atoms. The average molecular weight is 358 g/mol. The van der Waals surface area contributed by atoms with Crippen molar-refractivity contribution in [1.82, 2.24) is 15.1 Å². The Morgan fingerprint density at radius 2 is 2.30 bits per heavy atom. The van der Waals surface area contributed by atoms with Crippen LogP contribution in [0.4, 0.5) is 5.69 Å². The smallest absolute Gasteiger partial charge is 0.241 e. The van der Waals surface area contributed by atoms with Gasteiger partial charge in [-0.05, 0) is 33.6 Å². The van der Waals surface area contributed by atoms with Crippen LogP contribution in [0.3, 0.4) is 0 Å². The second kappa shape index (κ2) is 6.76. The van der Waals surface area contributed by atoms with Crippen LogP contribution in [0.5, 0.6) is 0 Å². The number of nitrogens with one attached hydrogen (secondary N) is 2. The van der Waals surface area contributed by atoms with Crippen LogP contribution in [0.25, 0.3) is 0 Å². The van der Waals surface area contributed by atoms with Gasteiger partial charge in [0.15, 0.2) is 0 Å². The number of nitrogens with zero attached hydrogens (tertiary/aromatic N) is 2. The number of amides is 1. The van der Waals surface area contributed by atoms with Gasteiger partial charge in [-0.15, -0.1) is 0 Å². The first-order valence-electron chi connectivity index (χ1n) is 5.99. The molecule has 20 heavy (non-hydrogen) atoms. The fraction of sp³-hybridized carbons (Fsp3) is 0.231. The van der Waals surface area contributed by atoms with E-state index in [4.69, 9.17) is 11.6 Å². The van der Waals surface area contributed by atoms with Crippen LogP contribution in [0.2, 0.25) is 5.02 Å². The number of carbonyl (C=O) groups is 1. The molecule has 1 heterocycles. The van der Waals surface area contributed by atoms with E-state index in [9.17, 15) is 4.79 Å². The van der Waals surface area contributed by atoms with E-state index in [1.165, 1.54) is 0 Å². The van der Waals surface area contributed by atoms with Crippen molar-refractivity contribution >= 4 is 39.1 Å². The summed E-state index contributed by atoms with van der Waals surface area (Å²) in [5, 5.41) is 10.6. The Balaban J connectivity index is 1.93. The van der Waals surface area contributed by atoms with Gasteiger partial charge in [-0.25, -0.2) is 0 Å². The molecule has 0 radical (unpaired) electrons. The van der Waals surface area contributed by atoms with Crippen LogP contribution in [0, 0.1) is 0 Å². The molecule has 0 spiro atoms. The first-order chi connectivity index (χ1) is 9.58. The van der Waals surface area contributed by atoms with Gasteiger partial charge in [-0.3, -0.25) is 9.48 Å². The number of carbonyl (C=O) groups excluding carboxylic acids is 1. The lowest BCUT2D eigenvalue weighted by Crippen LogP contribution is -2.23. The number of anilines is 1. The highest BCUT2D eigenvalue weighted by molar-refractivity contribution is 9.10. The fourth-order valence-corrected chi connectivity index (χ4v) is 2.16. The SMILES string of the molecule is CNC(=O)Cn1cc(NCc2ccc(Cl)c(Br)c2)cn1. The topological polar surface area (TPSA) is 59.0 Å². The van der Waals surface area contributed by atoms with E-state index in [-0.39, 0.29) is 12.5 Å². The average Bonchev–Trinajstić information content (AvgIpc) is 2.87. The van der Waals surface area contributed by atoms with Gasteiger partial charge in [0.1, 0.15) is 6.54 Å². The largest absolute Gasteiger partial charge is 0.378 e. The Labute approximate surface area is 130 Å². The number of hydrogen-bond donors (Lipinski definition) is 2. The Morgan fingerprint density at radius 1 is 1.50 bits per heavy atom. The summed E-state index contributed by atoms with van der Waals surface area (Å²) in [5.41, 5.74) is 1.96. The third-order valence-corrected chi connectivity index (χ3v) is 3.91. The Hall–Kier alpha value is -1.53. The van der Waals surface area contributed by atoms with Gasteiger partial charge < -0.3 is 10.6 Å². The van der Waals surface area contributed by atoms with E-state index in [1.807, 2.05) is 18.2 Å². The Morgan fingerprint density at radius 3 is 3.00 bits per heavy atom. The second-order valence-electron chi connectivity index (χ2n) is 4.20. The molecule has 0 saturated carbocycles. The summed E-state index contributed by atoms with van der Waals surface area (Å²) in [6.45, 7) is 0.867. The van der Waals surface area contributed by atoms with Gasteiger partial charge in [0, 0.05) is 24.3 Å². The van der Waals surface area contributed by atoms with Crippen LogP contribution >= 0.6 is 27.5 Å². The van der Waals surface area contributed by atoms with Gasteiger partial charge in [0.05, 0.1) is 16.9 Å². The molecule has 0 saturated heterocycles. The summed E-state index contributed by atoms with van der Waals surface area (Å²) >= 11 is 9.34. The van der Waals surface area contributed by atoms with Crippen molar-refractivity contribution in [3.63, 3.8) is 0 Å². The zero-order valence-electron chi connectivity index (χ0n) is 10.9. The standard InChI is InChI=1S/C13H14BrClN4O/c1-16-13(20)8-19-7-10(6-18-19)17-5-9-2-3-12(15)11(14)4-9/h2-4,6-7,17H,5,8H2,1H3,(H,16,20). The van der Waals surface area contributed by atoms with Gasteiger partial charge in [-0.1, -0.05) is 17.7 Å². The lowest BCUT2D eigenvalue weighted by Gasteiger charge is -2.05. The molecule has 7 heteroatoms. The highest BCUT2D eigenvalue weighted by Gasteiger charge is 2.03. The van der Waals surface area contributed by atoms with E-state index in [0.717, 1.165) is 15.7 Å². The van der Waals surface area contributed by atoms with E-state index < -0.39 is 0 Å². The molecule has 0 unspecified atom stereocenters. The number of rotatable bonds is 5. The van der Waals surface area contributed by atoms with Crippen molar-refractivity contribution < 1.29 is 4.79 Å².